The van der Waals surface area contributed by atoms with E-state index in [1.54, 1.807) is 48.5 Å². The zero-order valence-corrected chi connectivity index (χ0v) is 20.1. The van der Waals surface area contributed by atoms with E-state index in [2.05, 4.69) is 26.2 Å². The lowest BCUT2D eigenvalue weighted by molar-refractivity contribution is -0.140. The van der Waals surface area contributed by atoms with Crippen LogP contribution in [0.2, 0.25) is 5.02 Å². The molecule has 8 nitrogen and oxygen atoms in total. The molecule has 0 aliphatic heterocycles. The second kappa shape index (κ2) is 11.0. The first-order chi connectivity index (χ1) is 17.4. The molecule has 4 aromatic rings. The average Bonchev–Trinajstić information content (AvgIpc) is 2.90. The van der Waals surface area contributed by atoms with Gasteiger partial charge in [-0.05, 0) is 36.2 Å². The van der Waals surface area contributed by atoms with Crippen molar-refractivity contribution >= 4 is 34.2 Å². The first kappa shape index (κ1) is 24.8. The molecule has 0 saturated heterocycles. The molecular weight excluding hydrogens is 485 g/mol. The average molecular weight is 506 g/mol. The van der Waals surface area contributed by atoms with Crippen LogP contribution in [0.3, 0.4) is 0 Å². The van der Waals surface area contributed by atoms with E-state index >= 15 is 4.39 Å². The van der Waals surface area contributed by atoms with Gasteiger partial charge in [-0.2, -0.15) is 14.8 Å². The van der Waals surface area contributed by atoms with Crippen LogP contribution in [-0.2, 0) is 16.1 Å². The number of nitriles is 1. The number of rotatable bonds is 8. The Morgan fingerprint density at radius 2 is 1.92 bits per heavy atom. The van der Waals surface area contributed by atoms with E-state index in [0.717, 1.165) is 5.56 Å². The van der Waals surface area contributed by atoms with Crippen LogP contribution in [0.25, 0.3) is 22.0 Å². The molecule has 0 unspecified atom stereocenters. The molecular formula is C26H21ClFN5O3. The lowest BCUT2D eigenvalue weighted by Gasteiger charge is -2.13. The van der Waals surface area contributed by atoms with Crippen molar-refractivity contribution in [2.24, 2.45) is 0 Å². The van der Waals surface area contributed by atoms with Gasteiger partial charge in [-0.25, -0.2) is 9.67 Å². The number of anilines is 1. The van der Waals surface area contributed by atoms with E-state index < -0.39 is 5.95 Å². The molecule has 0 aliphatic carbocycles. The molecule has 0 aliphatic rings. The summed E-state index contributed by atoms with van der Waals surface area (Å²) in [5, 5.41) is 17.4. The first-order valence-corrected chi connectivity index (χ1v) is 11.4. The number of pyridine rings is 1. The minimum atomic E-state index is -0.809. The first-order valence-electron chi connectivity index (χ1n) is 11.1. The number of aromatic nitrogens is 3. The largest absolute Gasteiger partial charge is 0.469 e. The number of nitrogens with one attached hydrogen (secondary N) is 1. The lowest BCUT2D eigenvalue weighted by atomic mass is 10.1. The van der Waals surface area contributed by atoms with Gasteiger partial charge in [0.15, 0.2) is 0 Å². The topological polar surface area (TPSA) is 110 Å². The molecule has 0 radical (unpaired) electrons. The Bertz CT molecular complexity index is 1530. The number of carbonyl (C=O) groups excluding carboxylic acids is 1. The van der Waals surface area contributed by atoms with Crippen molar-refractivity contribution in [1.82, 2.24) is 14.8 Å². The fraction of sp³-hybridized carbons (Fsp3) is 0.192. The number of carbonyl (C=O) groups is 1. The van der Waals surface area contributed by atoms with Crippen LogP contribution in [0.4, 0.5) is 10.2 Å². The second-order valence-electron chi connectivity index (χ2n) is 7.93. The van der Waals surface area contributed by atoms with E-state index in [9.17, 15) is 9.59 Å². The van der Waals surface area contributed by atoms with Gasteiger partial charge in [0.1, 0.15) is 11.5 Å². The maximum Gasteiger partial charge on any atom is 0.305 e. The van der Waals surface area contributed by atoms with Gasteiger partial charge in [-0.3, -0.25) is 9.59 Å². The number of ether oxygens (including phenoxy) is 1. The molecule has 36 heavy (non-hydrogen) atoms. The van der Waals surface area contributed by atoms with Gasteiger partial charge in [0.2, 0.25) is 5.95 Å². The van der Waals surface area contributed by atoms with Crippen LogP contribution in [0.1, 0.15) is 24.0 Å². The van der Waals surface area contributed by atoms with Crippen molar-refractivity contribution < 1.29 is 13.9 Å². The van der Waals surface area contributed by atoms with Crippen molar-refractivity contribution in [3.63, 3.8) is 0 Å². The Labute approximate surface area is 210 Å². The van der Waals surface area contributed by atoms with Gasteiger partial charge in [-0.1, -0.05) is 41.9 Å². The zero-order chi connectivity index (χ0) is 25.7. The lowest BCUT2D eigenvalue weighted by Crippen LogP contribution is -2.24. The number of hydrogen-bond acceptors (Lipinski definition) is 7. The molecule has 1 N–H and O–H groups in total. The summed E-state index contributed by atoms with van der Waals surface area (Å²) in [6.07, 6.45) is 0.666. The molecule has 182 valence electrons. The van der Waals surface area contributed by atoms with E-state index in [1.807, 2.05) is 0 Å². The molecule has 0 saturated carbocycles. The number of benzene rings is 2. The highest BCUT2D eigenvalue weighted by Crippen LogP contribution is 2.31. The summed E-state index contributed by atoms with van der Waals surface area (Å²) >= 11 is 6.39. The molecule has 0 amide bonds. The van der Waals surface area contributed by atoms with Crippen molar-refractivity contribution in [2.45, 2.75) is 19.4 Å². The number of nitrogens with zero attached hydrogens (tertiary/aromatic N) is 4. The van der Waals surface area contributed by atoms with Crippen molar-refractivity contribution in [3.8, 4) is 17.3 Å². The fourth-order valence-electron chi connectivity index (χ4n) is 3.70. The molecule has 0 fully saturated rings. The highest BCUT2D eigenvalue weighted by atomic mass is 35.5. The highest BCUT2D eigenvalue weighted by molar-refractivity contribution is 6.33. The van der Waals surface area contributed by atoms with Crippen LogP contribution in [0.15, 0.2) is 59.4 Å². The number of fused-ring (bicyclic) bond motifs is 1. The van der Waals surface area contributed by atoms with Crippen molar-refractivity contribution in [2.75, 3.05) is 19.0 Å². The van der Waals surface area contributed by atoms with E-state index in [-0.39, 0.29) is 46.6 Å². The Hall–Kier alpha value is -4.29. The Morgan fingerprint density at radius 1 is 1.19 bits per heavy atom. The van der Waals surface area contributed by atoms with Crippen LogP contribution in [0.5, 0.6) is 0 Å². The summed E-state index contributed by atoms with van der Waals surface area (Å²) in [6, 6.07) is 17.1. The number of esters is 1. The second-order valence-corrected chi connectivity index (χ2v) is 8.34. The molecule has 0 spiro atoms. The normalized spacial score (nSPS) is 10.7. The molecule has 0 bridgehead atoms. The monoisotopic (exact) mass is 505 g/mol. The summed E-state index contributed by atoms with van der Waals surface area (Å²) in [6.45, 7) is 0.474. The Morgan fingerprint density at radius 3 is 2.61 bits per heavy atom. The van der Waals surface area contributed by atoms with Crippen molar-refractivity contribution in [3.05, 3.63) is 87.0 Å². The summed E-state index contributed by atoms with van der Waals surface area (Å²) in [7, 11) is 1.31. The van der Waals surface area contributed by atoms with Gasteiger partial charge in [0.25, 0.3) is 5.56 Å². The highest BCUT2D eigenvalue weighted by Gasteiger charge is 2.19. The van der Waals surface area contributed by atoms with E-state index in [1.165, 1.54) is 17.9 Å². The minimum absolute atomic E-state index is 0.0462. The molecule has 2 heterocycles. The SMILES string of the molecule is COC(=O)CCCNc1nc(F)c(-c2nn(Cc3ccc(C#N)cc3)c(=O)c3ccccc23)cc1Cl. The third-order valence-corrected chi connectivity index (χ3v) is 5.83. The number of halogens is 2. The molecule has 0 atom stereocenters. The maximum atomic E-state index is 15.2. The zero-order valence-electron chi connectivity index (χ0n) is 19.3. The Balaban J connectivity index is 1.71. The van der Waals surface area contributed by atoms with Crippen LogP contribution < -0.4 is 10.9 Å². The fourth-order valence-corrected chi connectivity index (χ4v) is 3.92. The molecule has 2 aromatic heterocycles. The predicted octanol–water partition coefficient (Wildman–Crippen LogP) is 4.54. The third-order valence-electron chi connectivity index (χ3n) is 5.55. The van der Waals surface area contributed by atoms with E-state index in [4.69, 9.17) is 16.9 Å². The van der Waals surface area contributed by atoms with Crippen LogP contribution in [-0.4, -0.2) is 34.4 Å². The predicted molar refractivity (Wildman–Crippen MR) is 134 cm³/mol. The van der Waals surface area contributed by atoms with Gasteiger partial charge in [-0.15, -0.1) is 0 Å². The smallest absolute Gasteiger partial charge is 0.305 e. The maximum absolute atomic E-state index is 15.2. The van der Waals surface area contributed by atoms with Gasteiger partial charge >= 0.3 is 5.97 Å². The standard InChI is InChI=1S/C26H21ClFN5O3/c1-36-22(34)7-4-12-30-25-21(27)13-20(24(28)31-25)23-18-5-2-3-6-19(18)26(35)33(32-23)15-17-10-8-16(14-29)9-11-17/h2-3,5-6,8-11,13H,4,7,12,15H2,1H3,(H,30,31). The summed E-state index contributed by atoms with van der Waals surface area (Å²) in [5.41, 5.74) is 1.20. The van der Waals surface area contributed by atoms with Gasteiger partial charge < -0.3 is 10.1 Å². The molecule has 10 heteroatoms. The molecule has 2 aromatic carbocycles. The Kier molecular flexibility index (Phi) is 7.56. The number of hydrogen-bond donors (Lipinski definition) is 1. The van der Waals surface area contributed by atoms with Gasteiger partial charge in [0.05, 0.1) is 41.3 Å². The number of methoxy groups -OCH3 is 1. The summed E-state index contributed by atoms with van der Waals surface area (Å²) in [4.78, 5) is 28.3. The summed E-state index contributed by atoms with van der Waals surface area (Å²) in [5.74, 6) is -1.01. The quantitative estimate of drug-likeness (QED) is 0.213. The van der Waals surface area contributed by atoms with Crippen LogP contribution >= 0.6 is 11.6 Å². The molecule has 4 rings (SSSR count). The van der Waals surface area contributed by atoms with Crippen molar-refractivity contribution in [1.29, 1.82) is 5.26 Å². The third kappa shape index (κ3) is 5.34. The van der Waals surface area contributed by atoms with Gasteiger partial charge in [0, 0.05) is 18.4 Å². The summed E-state index contributed by atoms with van der Waals surface area (Å²) < 4.78 is 21.1. The van der Waals surface area contributed by atoms with E-state index in [0.29, 0.717) is 29.3 Å². The van der Waals surface area contributed by atoms with Crippen LogP contribution in [0, 0.1) is 17.3 Å². The minimum Gasteiger partial charge on any atom is -0.469 e.